The molecule has 0 aliphatic heterocycles. The fourth-order valence-corrected chi connectivity index (χ4v) is 4.63. The van der Waals surface area contributed by atoms with E-state index < -0.39 is 0 Å². The molecule has 0 bridgehead atoms. The molecule has 1 N–H and O–H groups in total. The summed E-state index contributed by atoms with van der Waals surface area (Å²) in [5.41, 5.74) is 4.54. The van der Waals surface area contributed by atoms with Gasteiger partial charge in [-0.15, -0.1) is 0 Å². The van der Waals surface area contributed by atoms with Gasteiger partial charge in [-0.2, -0.15) is 0 Å². The van der Waals surface area contributed by atoms with Gasteiger partial charge in [0.15, 0.2) is 0 Å². The molecule has 7 nitrogen and oxygen atoms in total. The number of nitrogens with one attached hydrogen (secondary N) is 1. The van der Waals surface area contributed by atoms with Gasteiger partial charge in [0.05, 0.1) is 26.9 Å². The van der Waals surface area contributed by atoms with E-state index in [0.717, 1.165) is 35.4 Å². The molecule has 0 saturated carbocycles. The van der Waals surface area contributed by atoms with Crippen LogP contribution in [0.1, 0.15) is 47.7 Å². The number of nitrogens with zero attached hydrogens (tertiary/aromatic N) is 1. The molecular weight excluding hydrogens is 492 g/mol. The molecule has 2 aromatic carbocycles. The molecule has 204 valence electrons. The lowest BCUT2D eigenvalue weighted by atomic mass is 10.0. The topological polar surface area (TPSA) is 77.1 Å². The third kappa shape index (κ3) is 7.94. The maximum absolute atomic E-state index is 13.6. The van der Waals surface area contributed by atoms with Gasteiger partial charge < -0.3 is 24.4 Å². The Kier molecular flexibility index (Phi) is 9.75. The lowest BCUT2D eigenvalue weighted by Crippen LogP contribution is -2.32. The summed E-state index contributed by atoms with van der Waals surface area (Å²) in [6, 6.07) is 13.2. The van der Waals surface area contributed by atoms with Gasteiger partial charge in [0.25, 0.3) is 5.91 Å². The molecule has 2 aromatic rings. The molecule has 0 radical (unpaired) electrons. The van der Waals surface area contributed by atoms with E-state index in [4.69, 9.17) is 14.2 Å². The zero-order chi connectivity index (χ0) is 27.6. The molecule has 0 spiro atoms. The largest absolute Gasteiger partial charge is 0.497 e. The number of amides is 2. The number of hydrogen-bond donors (Lipinski definition) is 1. The van der Waals surface area contributed by atoms with Crippen molar-refractivity contribution in [3.8, 4) is 11.5 Å². The fourth-order valence-electron chi connectivity index (χ4n) is 4.63. The predicted octanol–water partition coefficient (Wildman–Crippen LogP) is 5.49. The van der Waals surface area contributed by atoms with Crippen molar-refractivity contribution in [1.82, 2.24) is 10.2 Å². The van der Waals surface area contributed by atoms with Gasteiger partial charge in [-0.05, 0) is 67.3 Å². The van der Waals surface area contributed by atoms with E-state index in [9.17, 15) is 9.59 Å². The van der Waals surface area contributed by atoms with E-state index in [1.54, 1.807) is 26.4 Å². The number of carbonyl (C=O) groups excluding carboxylic acids is 2. The van der Waals surface area contributed by atoms with Crippen molar-refractivity contribution in [2.45, 2.75) is 45.4 Å². The summed E-state index contributed by atoms with van der Waals surface area (Å²) in [6.07, 6.45) is 14.6. The van der Waals surface area contributed by atoms with Crippen LogP contribution >= 0.6 is 0 Å². The van der Waals surface area contributed by atoms with Crippen LogP contribution < -0.4 is 14.8 Å². The number of allylic oxidation sites excluding steroid dienone is 4. The number of ether oxygens (including phenoxy) is 3. The summed E-state index contributed by atoms with van der Waals surface area (Å²) < 4.78 is 17.0. The number of benzene rings is 2. The van der Waals surface area contributed by atoms with Gasteiger partial charge in [0.1, 0.15) is 11.5 Å². The van der Waals surface area contributed by atoms with Gasteiger partial charge in [-0.25, -0.2) is 0 Å². The zero-order valence-electron chi connectivity index (χ0n) is 22.8. The summed E-state index contributed by atoms with van der Waals surface area (Å²) in [7, 11) is 3.26. The number of rotatable bonds is 11. The lowest BCUT2D eigenvalue weighted by molar-refractivity contribution is -0.118. The molecule has 0 heterocycles. The van der Waals surface area contributed by atoms with Crippen molar-refractivity contribution in [3.63, 3.8) is 0 Å². The maximum atomic E-state index is 13.6. The van der Waals surface area contributed by atoms with Crippen LogP contribution in [-0.2, 0) is 22.7 Å². The number of hydrogen-bond acceptors (Lipinski definition) is 5. The van der Waals surface area contributed by atoms with Crippen molar-refractivity contribution < 1.29 is 23.8 Å². The molecule has 2 amide bonds. The lowest BCUT2D eigenvalue weighted by Gasteiger charge is -2.26. The highest BCUT2D eigenvalue weighted by Crippen LogP contribution is 2.25. The zero-order valence-corrected chi connectivity index (χ0v) is 22.8. The standard InChI is InChI=1S/C32H36N2O5/c1-23(35)33-28-12-16-30(17-13-28)39-22-27-19-25(9-18-31(27)38-3)21-34(20-24-7-5-4-6-8-24)32(36)26-10-14-29(37-2)15-11-26/h4-5,7,9-16,18-19,30H,6,8,17,20-22H2,1-3H3,(H,33,35). The summed E-state index contributed by atoms with van der Waals surface area (Å²) >= 11 is 0. The highest BCUT2D eigenvalue weighted by Gasteiger charge is 2.19. The molecule has 2 aliphatic carbocycles. The second kappa shape index (κ2) is 13.6. The van der Waals surface area contributed by atoms with E-state index in [0.29, 0.717) is 37.4 Å². The molecule has 4 rings (SSSR count). The number of carbonyl (C=O) groups is 2. The predicted molar refractivity (Wildman–Crippen MR) is 151 cm³/mol. The normalized spacial score (nSPS) is 16.2. The van der Waals surface area contributed by atoms with Crippen molar-refractivity contribution in [2.24, 2.45) is 0 Å². The highest BCUT2D eigenvalue weighted by molar-refractivity contribution is 5.94. The molecule has 0 fully saturated rings. The van der Waals surface area contributed by atoms with Crippen LogP contribution in [0.3, 0.4) is 0 Å². The second-order valence-corrected chi connectivity index (χ2v) is 9.61. The SMILES string of the molecule is COc1ccc(C(=O)N(CC2=CC=CCC2)Cc2ccc(OC)c(COC3C=CC(NC(C)=O)=CC3)c2)cc1. The van der Waals surface area contributed by atoms with Crippen LogP contribution in [-0.4, -0.2) is 43.6 Å². The molecule has 1 unspecified atom stereocenters. The van der Waals surface area contributed by atoms with Crippen LogP contribution in [0.4, 0.5) is 0 Å². The van der Waals surface area contributed by atoms with E-state index >= 15 is 0 Å². The first-order chi connectivity index (χ1) is 18.9. The van der Waals surface area contributed by atoms with E-state index in [2.05, 4.69) is 23.5 Å². The van der Waals surface area contributed by atoms with Crippen molar-refractivity contribution >= 4 is 11.8 Å². The van der Waals surface area contributed by atoms with Gasteiger partial charge in [-0.3, -0.25) is 9.59 Å². The van der Waals surface area contributed by atoms with Gasteiger partial charge in [0.2, 0.25) is 5.91 Å². The van der Waals surface area contributed by atoms with Crippen LogP contribution in [0.2, 0.25) is 0 Å². The minimum Gasteiger partial charge on any atom is -0.497 e. The Morgan fingerprint density at radius 2 is 1.87 bits per heavy atom. The first-order valence-electron chi connectivity index (χ1n) is 13.2. The van der Waals surface area contributed by atoms with Crippen molar-refractivity contribution in [3.05, 3.63) is 107 Å². The molecule has 2 aliphatic rings. The molecule has 0 aromatic heterocycles. The Balaban J connectivity index is 1.49. The first kappa shape index (κ1) is 27.9. The van der Waals surface area contributed by atoms with Gasteiger partial charge in [-0.1, -0.05) is 42.0 Å². The first-order valence-corrected chi connectivity index (χ1v) is 13.2. The molecule has 1 atom stereocenters. The second-order valence-electron chi connectivity index (χ2n) is 9.61. The summed E-state index contributed by atoms with van der Waals surface area (Å²) in [5.74, 6) is 1.33. The summed E-state index contributed by atoms with van der Waals surface area (Å²) in [5, 5.41) is 2.79. The van der Waals surface area contributed by atoms with E-state index in [1.807, 2.05) is 53.5 Å². The van der Waals surface area contributed by atoms with Crippen LogP contribution in [0.15, 0.2) is 90.2 Å². The van der Waals surface area contributed by atoms with Crippen molar-refractivity contribution in [1.29, 1.82) is 0 Å². The summed E-state index contributed by atoms with van der Waals surface area (Å²) in [6.45, 7) is 2.86. The monoisotopic (exact) mass is 528 g/mol. The van der Waals surface area contributed by atoms with Crippen molar-refractivity contribution in [2.75, 3.05) is 20.8 Å². The Morgan fingerprint density at radius 3 is 2.51 bits per heavy atom. The smallest absolute Gasteiger partial charge is 0.254 e. The third-order valence-electron chi connectivity index (χ3n) is 6.67. The molecule has 39 heavy (non-hydrogen) atoms. The molecule has 0 saturated heterocycles. The van der Waals surface area contributed by atoms with Crippen LogP contribution in [0.5, 0.6) is 11.5 Å². The minimum atomic E-state index is -0.102. The number of methoxy groups -OCH3 is 2. The van der Waals surface area contributed by atoms with E-state index in [1.165, 1.54) is 12.5 Å². The Morgan fingerprint density at radius 1 is 1.05 bits per heavy atom. The molecular formula is C32H36N2O5. The highest BCUT2D eigenvalue weighted by atomic mass is 16.5. The third-order valence-corrected chi connectivity index (χ3v) is 6.67. The average molecular weight is 529 g/mol. The van der Waals surface area contributed by atoms with Gasteiger partial charge >= 0.3 is 0 Å². The molecule has 7 heteroatoms. The fraction of sp³-hybridized carbons (Fsp3) is 0.312. The quantitative estimate of drug-likeness (QED) is 0.418. The Labute approximate surface area is 230 Å². The maximum Gasteiger partial charge on any atom is 0.254 e. The Hall–Kier alpha value is -4.10. The van der Waals surface area contributed by atoms with Crippen LogP contribution in [0.25, 0.3) is 0 Å². The minimum absolute atomic E-state index is 0.0316. The van der Waals surface area contributed by atoms with Gasteiger partial charge in [0, 0.05) is 36.8 Å². The Bertz CT molecular complexity index is 1290. The van der Waals surface area contributed by atoms with E-state index in [-0.39, 0.29) is 17.9 Å². The van der Waals surface area contributed by atoms with Crippen LogP contribution in [0, 0.1) is 0 Å². The average Bonchev–Trinajstić information content (AvgIpc) is 2.96. The summed E-state index contributed by atoms with van der Waals surface area (Å²) in [4.78, 5) is 26.8.